The van der Waals surface area contributed by atoms with Gasteiger partial charge in [-0.2, -0.15) is 0 Å². The first kappa shape index (κ1) is 21.5. The summed E-state index contributed by atoms with van der Waals surface area (Å²) < 4.78 is 11.5. The maximum absolute atomic E-state index is 10.3. The summed E-state index contributed by atoms with van der Waals surface area (Å²) in [5, 5.41) is 14.7. The lowest BCUT2D eigenvalue weighted by atomic mass is 10.1. The van der Waals surface area contributed by atoms with E-state index in [2.05, 4.69) is 5.32 Å². The molecule has 0 saturated heterocycles. The van der Waals surface area contributed by atoms with E-state index >= 15 is 0 Å². The van der Waals surface area contributed by atoms with Crippen LogP contribution in [0.2, 0.25) is 10.0 Å². The minimum Gasteiger partial charge on any atom is -0.493 e. The van der Waals surface area contributed by atoms with E-state index < -0.39 is 6.10 Å². The van der Waals surface area contributed by atoms with Crippen LogP contribution in [-0.2, 0) is 13.2 Å². The first-order chi connectivity index (χ1) is 14.1. The van der Waals surface area contributed by atoms with Crippen molar-refractivity contribution in [1.82, 2.24) is 5.32 Å². The van der Waals surface area contributed by atoms with Gasteiger partial charge in [0.25, 0.3) is 0 Å². The van der Waals surface area contributed by atoms with Gasteiger partial charge in [-0.15, -0.1) is 0 Å². The number of nitrogens with one attached hydrogen (secondary N) is 1. The first-order valence-electron chi connectivity index (χ1n) is 9.25. The van der Waals surface area contributed by atoms with Gasteiger partial charge in [-0.25, -0.2) is 0 Å². The van der Waals surface area contributed by atoms with Gasteiger partial charge in [0.1, 0.15) is 6.61 Å². The Kier molecular flexibility index (Phi) is 7.78. The van der Waals surface area contributed by atoms with Crippen LogP contribution in [0.4, 0.5) is 0 Å². The lowest BCUT2D eigenvalue weighted by molar-refractivity contribution is 0.174. The van der Waals surface area contributed by atoms with Crippen molar-refractivity contribution >= 4 is 23.2 Å². The Morgan fingerprint density at radius 2 is 1.62 bits per heavy atom. The summed E-state index contributed by atoms with van der Waals surface area (Å²) in [6.45, 7) is 1.14. The molecule has 2 N–H and O–H groups in total. The molecule has 0 heterocycles. The molecular weight excluding hydrogens is 409 g/mol. The molecule has 0 aromatic heterocycles. The maximum atomic E-state index is 10.3. The van der Waals surface area contributed by atoms with Crippen LogP contribution in [0.3, 0.4) is 0 Å². The number of aliphatic hydroxyl groups excluding tert-OH is 1. The normalized spacial score (nSPS) is 11.9. The van der Waals surface area contributed by atoms with E-state index in [1.807, 2.05) is 48.5 Å². The Labute approximate surface area is 181 Å². The molecule has 0 aliphatic rings. The van der Waals surface area contributed by atoms with Crippen LogP contribution in [0.1, 0.15) is 22.8 Å². The number of methoxy groups -OCH3 is 1. The van der Waals surface area contributed by atoms with Gasteiger partial charge in [0.05, 0.1) is 13.2 Å². The fraction of sp³-hybridized carbons (Fsp3) is 0.217. The van der Waals surface area contributed by atoms with E-state index in [1.165, 1.54) is 0 Å². The molecule has 3 aromatic rings. The Balaban J connectivity index is 1.69. The van der Waals surface area contributed by atoms with Crippen LogP contribution >= 0.6 is 23.2 Å². The first-order valence-corrected chi connectivity index (χ1v) is 10.0. The SMILES string of the molecule is COc1cccc(CNCC(O)c2ccccc2)c1OCc1c(Cl)cccc1Cl. The third kappa shape index (κ3) is 5.64. The molecule has 0 bridgehead atoms. The summed E-state index contributed by atoms with van der Waals surface area (Å²) in [7, 11) is 1.60. The molecule has 0 fully saturated rings. The topological polar surface area (TPSA) is 50.7 Å². The number of aliphatic hydroxyl groups is 1. The van der Waals surface area contributed by atoms with Gasteiger partial charge < -0.3 is 19.9 Å². The fourth-order valence-electron chi connectivity index (χ4n) is 2.98. The molecule has 0 aliphatic carbocycles. The highest BCUT2D eigenvalue weighted by atomic mass is 35.5. The quantitative estimate of drug-likeness (QED) is 0.475. The minimum atomic E-state index is -0.590. The van der Waals surface area contributed by atoms with Crippen LogP contribution in [0, 0.1) is 0 Å². The maximum Gasteiger partial charge on any atom is 0.166 e. The second kappa shape index (κ2) is 10.5. The van der Waals surface area contributed by atoms with E-state index in [-0.39, 0.29) is 6.61 Å². The number of hydrogen-bond donors (Lipinski definition) is 2. The molecule has 3 aromatic carbocycles. The third-order valence-corrected chi connectivity index (χ3v) is 5.25. The minimum absolute atomic E-state index is 0.221. The standard InChI is InChI=1S/C23H23Cl2NO3/c1-28-22-12-5-9-17(13-26-14-21(27)16-7-3-2-4-8-16)23(22)29-15-18-19(24)10-6-11-20(18)25/h2-12,21,26-27H,13-15H2,1H3. The van der Waals surface area contributed by atoms with Crippen molar-refractivity contribution in [2.24, 2.45) is 0 Å². The van der Waals surface area contributed by atoms with Crippen LogP contribution < -0.4 is 14.8 Å². The zero-order valence-corrected chi connectivity index (χ0v) is 17.6. The van der Waals surface area contributed by atoms with E-state index in [1.54, 1.807) is 25.3 Å². The number of hydrogen-bond acceptors (Lipinski definition) is 4. The van der Waals surface area contributed by atoms with Crippen molar-refractivity contribution in [2.75, 3.05) is 13.7 Å². The predicted molar refractivity (Wildman–Crippen MR) is 117 cm³/mol. The van der Waals surface area contributed by atoms with E-state index in [4.69, 9.17) is 32.7 Å². The highest BCUT2D eigenvalue weighted by Crippen LogP contribution is 2.33. The van der Waals surface area contributed by atoms with Gasteiger partial charge in [0.2, 0.25) is 0 Å². The molecule has 3 rings (SSSR count). The molecule has 1 atom stereocenters. The number of ether oxygens (including phenoxy) is 2. The number of benzene rings is 3. The van der Waals surface area contributed by atoms with Gasteiger partial charge in [-0.1, -0.05) is 71.7 Å². The molecule has 0 spiro atoms. The van der Waals surface area contributed by atoms with E-state index in [9.17, 15) is 5.11 Å². The van der Waals surface area contributed by atoms with Gasteiger partial charge in [-0.3, -0.25) is 0 Å². The zero-order valence-electron chi connectivity index (χ0n) is 16.1. The van der Waals surface area contributed by atoms with Crippen molar-refractivity contribution in [3.05, 3.63) is 93.5 Å². The monoisotopic (exact) mass is 431 g/mol. The lowest BCUT2D eigenvalue weighted by Gasteiger charge is -2.17. The molecule has 152 valence electrons. The average Bonchev–Trinajstić information content (AvgIpc) is 2.74. The highest BCUT2D eigenvalue weighted by molar-refractivity contribution is 6.35. The number of halogens is 2. The summed E-state index contributed by atoms with van der Waals surface area (Å²) in [6, 6.07) is 20.6. The molecule has 0 saturated carbocycles. The van der Waals surface area contributed by atoms with E-state index in [0.717, 1.165) is 16.7 Å². The molecule has 0 radical (unpaired) electrons. The summed E-state index contributed by atoms with van der Waals surface area (Å²) in [5.41, 5.74) is 2.50. The summed E-state index contributed by atoms with van der Waals surface area (Å²) in [6.07, 6.45) is -0.590. The third-order valence-electron chi connectivity index (χ3n) is 4.54. The number of para-hydroxylation sites is 1. The Morgan fingerprint density at radius 1 is 0.931 bits per heavy atom. The van der Waals surface area contributed by atoms with Gasteiger partial charge in [-0.05, 0) is 23.8 Å². The molecule has 0 aliphatic heterocycles. The molecule has 0 amide bonds. The summed E-state index contributed by atoms with van der Waals surface area (Å²) >= 11 is 12.5. The van der Waals surface area contributed by atoms with Gasteiger partial charge >= 0.3 is 0 Å². The lowest BCUT2D eigenvalue weighted by Crippen LogP contribution is -2.21. The second-order valence-corrected chi connectivity index (χ2v) is 7.31. The zero-order chi connectivity index (χ0) is 20.6. The van der Waals surface area contributed by atoms with Gasteiger partial charge in [0, 0.05) is 34.3 Å². The van der Waals surface area contributed by atoms with Gasteiger partial charge in [0.15, 0.2) is 11.5 Å². The summed E-state index contributed by atoms with van der Waals surface area (Å²) in [4.78, 5) is 0. The predicted octanol–water partition coefficient (Wildman–Crippen LogP) is 5.40. The highest BCUT2D eigenvalue weighted by Gasteiger charge is 2.14. The van der Waals surface area contributed by atoms with Crippen molar-refractivity contribution in [3.63, 3.8) is 0 Å². The largest absolute Gasteiger partial charge is 0.493 e. The van der Waals surface area contributed by atoms with Crippen LogP contribution in [0.25, 0.3) is 0 Å². The van der Waals surface area contributed by atoms with Crippen molar-refractivity contribution in [1.29, 1.82) is 0 Å². The Morgan fingerprint density at radius 3 is 2.31 bits per heavy atom. The Hall–Kier alpha value is -2.24. The smallest absolute Gasteiger partial charge is 0.166 e. The van der Waals surface area contributed by atoms with Crippen LogP contribution in [0.5, 0.6) is 11.5 Å². The molecule has 29 heavy (non-hydrogen) atoms. The molecule has 1 unspecified atom stereocenters. The van der Waals surface area contributed by atoms with Crippen molar-refractivity contribution in [3.8, 4) is 11.5 Å². The van der Waals surface area contributed by atoms with Crippen LogP contribution in [-0.4, -0.2) is 18.8 Å². The molecule has 6 heteroatoms. The fourth-order valence-corrected chi connectivity index (χ4v) is 3.48. The Bertz CT molecular complexity index is 914. The summed E-state index contributed by atoms with van der Waals surface area (Å²) in [5.74, 6) is 1.24. The number of rotatable bonds is 9. The molecular formula is C23H23Cl2NO3. The van der Waals surface area contributed by atoms with E-state index in [0.29, 0.717) is 34.6 Å². The van der Waals surface area contributed by atoms with Crippen molar-refractivity contribution in [2.45, 2.75) is 19.3 Å². The van der Waals surface area contributed by atoms with Crippen molar-refractivity contribution < 1.29 is 14.6 Å². The molecule has 4 nitrogen and oxygen atoms in total. The average molecular weight is 432 g/mol. The second-order valence-electron chi connectivity index (χ2n) is 6.49. The van der Waals surface area contributed by atoms with Crippen LogP contribution in [0.15, 0.2) is 66.7 Å².